The highest BCUT2D eigenvalue weighted by molar-refractivity contribution is 5.28. The third-order valence-corrected chi connectivity index (χ3v) is 3.16. The van der Waals surface area contributed by atoms with Gasteiger partial charge in [-0.2, -0.15) is 0 Å². The van der Waals surface area contributed by atoms with Crippen LogP contribution in [0.25, 0.3) is 0 Å². The second-order valence-corrected chi connectivity index (χ2v) is 4.06. The molecule has 1 aliphatic carbocycles. The molecule has 0 spiro atoms. The molecule has 0 radical (unpaired) electrons. The van der Waals surface area contributed by atoms with Crippen LogP contribution in [0.5, 0.6) is 0 Å². The summed E-state index contributed by atoms with van der Waals surface area (Å²) in [6, 6.07) is 1.89. The Hall–Kier alpha value is -1.09. The lowest BCUT2D eigenvalue weighted by molar-refractivity contribution is 0.278. The van der Waals surface area contributed by atoms with Crippen molar-refractivity contribution in [3.8, 4) is 0 Å². The third kappa shape index (κ3) is 1.72. The lowest BCUT2D eigenvalue weighted by Crippen LogP contribution is -2.29. The molecule has 0 atom stereocenters. The highest BCUT2D eigenvalue weighted by Crippen LogP contribution is 2.20. The number of rotatable bonds is 2. The van der Waals surface area contributed by atoms with E-state index in [1.54, 1.807) is 0 Å². The zero-order chi connectivity index (χ0) is 10.8. The van der Waals surface area contributed by atoms with Crippen LogP contribution in [-0.4, -0.2) is 9.67 Å². The first-order valence-corrected chi connectivity index (χ1v) is 5.63. The van der Waals surface area contributed by atoms with Crippen molar-refractivity contribution in [3.63, 3.8) is 0 Å². The molecule has 1 aromatic heterocycles. The molecule has 0 saturated carbocycles. The number of hydrogen-bond donors (Lipinski definition) is 1. The van der Waals surface area contributed by atoms with Crippen molar-refractivity contribution in [1.82, 2.24) is 4.57 Å². The van der Waals surface area contributed by atoms with Gasteiger partial charge in [0.15, 0.2) is 0 Å². The summed E-state index contributed by atoms with van der Waals surface area (Å²) in [5, 5.41) is 9.13. The molecule has 1 aromatic rings. The Morgan fingerprint density at radius 2 is 2.13 bits per heavy atom. The molecular formula is C12H17NO2. The van der Waals surface area contributed by atoms with E-state index in [1.165, 1.54) is 24.1 Å². The summed E-state index contributed by atoms with van der Waals surface area (Å²) in [5.41, 5.74) is 2.97. The highest BCUT2D eigenvalue weighted by atomic mass is 16.3. The minimum Gasteiger partial charge on any atom is -0.391 e. The van der Waals surface area contributed by atoms with Crippen LogP contribution in [0.3, 0.4) is 0 Å². The van der Waals surface area contributed by atoms with Gasteiger partial charge in [-0.05, 0) is 44.2 Å². The quantitative estimate of drug-likeness (QED) is 0.792. The maximum absolute atomic E-state index is 11.9. The molecule has 0 aliphatic heterocycles. The van der Waals surface area contributed by atoms with Gasteiger partial charge in [0.2, 0.25) is 0 Å². The lowest BCUT2D eigenvalue weighted by Gasteiger charge is -2.21. The number of hydrogen-bond acceptors (Lipinski definition) is 2. The number of fused-ring (bicyclic) bond motifs is 1. The average molecular weight is 207 g/mol. The molecule has 0 unspecified atom stereocenters. The molecule has 0 fully saturated rings. The molecule has 3 heteroatoms. The van der Waals surface area contributed by atoms with Crippen LogP contribution < -0.4 is 5.56 Å². The molecule has 15 heavy (non-hydrogen) atoms. The molecule has 0 bridgehead atoms. The first kappa shape index (κ1) is 10.4. The topological polar surface area (TPSA) is 42.2 Å². The molecule has 0 aromatic carbocycles. The maximum Gasteiger partial charge on any atom is 0.256 e. The van der Waals surface area contributed by atoms with E-state index in [9.17, 15) is 4.79 Å². The largest absolute Gasteiger partial charge is 0.391 e. The van der Waals surface area contributed by atoms with E-state index in [2.05, 4.69) is 0 Å². The van der Waals surface area contributed by atoms with E-state index in [0.29, 0.717) is 12.1 Å². The Balaban J connectivity index is 2.63. The van der Waals surface area contributed by atoms with Crippen molar-refractivity contribution in [2.45, 2.75) is 45.8 Å². The zero-order valence-corrected chi connectivity index (χ0v) is 9.12. The molecule has 0 amide bonds. The Labute approximate surface area is 89.4 Å². The third-order valence-electron chi connectivity index (χ3n) is 3.16. The van der Waals surface area contributed by atoms with Crippen LogP contribution in [0.2, 0.25) is 0 Å². The Kier molecular flexibility index (Phi) is 2.91. The van der Waals surface area contributed by atoms with Gasteiger partial charge in [-0.25, -0.2) is 0 Å². The summed E-state index contributed by atoms with van der Waals surface area (Å²) in [6.07, 6.45) is 4.41. The fourth-order valence-corrected chi connectivity index (χ4v) is 2.39. The number of nitrogens with zero attached hydrogens (tertiary/aromatic N) is 1. The highest BCUT2D eigenvalue weighted by Gasteiger charge is 2.16. The van der Waals surface area contributed by atoms with Crippen molar-refractivity contribution in [2.75, 3.05) is 0 Å². The molecule has 1 N–H and O–H groups in total. The summed E-state index contributed by atoms with van der Waals surface area (Å²) in [4.78, 5) is 11.9. The van der Waals surface area contributed by atoms with Gasteiger partial charge in [0.1, 0.15) is 0 Å². The van der Waals surface area contributed by atoms with Crippen LogP contribution in [0.1, 0.15) is 36.6 Å². The van der Waals surface area contributed by atoms with E-state index in [-0.39, 0.29) is 12.2 Å². The van der Waals surface area contributed by atoms with Crippen LogP contribution in [0.15, 0.2) is 10.9 Å². The number of aliphatic hydroxyl groups is 1. The second kappa shape index (κ2) is 4.19. The molecule has 2 rings (SSSR count). The van der Waals surface area contributed by atoms with E-state index in [4.69, 9.17) is 5.11 Å². The summed E-state index contributed by atoms with van der Waals surface area (Å²) in [6.45, 7) is 2.54. The van der Waals surface area contributed by atoms with Crippen molar-refractivity contribution in [3.05, 3.63) is 33.2 Å². The van der Waals surface area contributed by atoms with Crippen molar-refractivity contribution < 1.29 is 5.11 Å². The standard InChI is InChI=1S/C12H17NO2/c1-2-13-11-6-4-3-5-9(11)7-10(8-14)12(13)15/h7,14H,2-6,8H2,1H3. The first-order chi connectivity index (χ1) is 7.27. The van der Waals surface area contributed by atoms with Gasteiger partial charge in [0.05, 0.1) is 6.61 Å². The molecule has 82 valence electrons. The SMILES string of the molecule is CCn1c2c(cc(CO)c1=O)CCCC2. The summed E-state index contributed by atoms with van der Waals surface area (Å²) >= 11 is 0. The number of pyridine rings is 1. The van der Waals surface area contributed by atoms with E-state index in [1.807, 2.05) is 17.6 Å². The Bertz CT molecular complexity index is 420. The van der Waals surface area contributed by atoms with Crippen molar-refractivity contribution in [1.29, 1.82) is 0 Å². The van der Waals surface area contributed by atoms with E-state index >= 15 is 0 Å². The number of aliphatic hydroxyl groups excluding tert-OH is 1. The molecule has 1 heterocycles. The van der Waals surface area contributed by atoms with Gasteiger partial charge in [0.25, 0.3) is 5.56 Å². The summed E-state index contributed by atoms with van der Waals surface area (Å²) < 4.78 is 1.82. The minimum absolute atomic E-state index is 0.0133. The van der Waals surface area contributed by atoms with Crippen molar-refractivity contribution >= 4 is 0 Å². The minimum atomic E-state index is -0.147. The fourth-order valence-electron chi connectivity index (χ4n) is 2.39. The van der Waals surface area contributed by atoms with E-state index < -0.39 is 0 Å². The van der Waals surface area contributed by atoms with Gasteiger partial charge >= 0.3 is 0 Å². The molecular weight excluding hydrogens is 190 g/mol. The predicted octanol–water partition coefficient (Wildman–Crippen LogP) is 1.24. The normalized spacial score (nSPS) is 15.1. The van der Waals surface area contributed by atoms with Crippen molar-refractivity contribution in [2.24, 2.45) is 0 Å². The zero-order valence-electron chi connectivity index (χ0n) is 9.12. The lowest BCUT2D eigenvalue weighted by atomic mass is 9.94. The summed E-state index contributed by atoms with van der Waals surface area (Å²) in [5.74, 6) is 0. The molecule has 0 saturated heterocycles. The fraction of sp³-hybridized carbons (Fsp3) is 0.583. The van der Waals surface area contributed by atoms with Crippen LogP contribution in [0, 0.1) is 0 Å². The van der Waals surface area contributed by atoms with E-state index in [0.717, 1.165) is 12.8 Å². The first-order valence-electron chi connectivity index (χ1n) is 5.63. The average Bonchev–Trinajstić information content (AvgIpc) is 2.28. The number of aryl methyl sites for hydroxylation is 1. The molecule has 3 nitrogen and oxygen atoms in total. The van der Waals surface area contributed by atoms with Gasteiger partial charge in [-0.3, -0.25) is 4.79 Å². The molecule has 1 aliphatic rings. The van der Waals surface area contributed by atoms with Gasteiger partial charge in [-0.1, -0.05) is 0 Å². The number of aromatic nitrogens is 1. The smallest absolute Gasteiger partial charge is 0.256 e. The van der Waals surface area contributed by atoms with Crippen LogP contribution >= 0.6 is 0 Å². The van der Waals surface area contributed by atoms with Crippen LogP contribution in [0.4, 0.5) is 0 Å². The predicted molar refractivity (Wildman–Crippen MR) is 58.9 cm³/mol. The van der Waals surface area contributed by atoms with Gasteiger partial charge in [-0.15, -0.1) is 0 Å². The Morgan fingerprint density at radius 1 is 1.40 bits per heavy atom. The second-order valence-electron chi connectivity index (χ2n) is 4.06. The van der Waals surface area contributed by atoms with Crippen LogP contribution in [-0.2, 0) is 26.0 Å². The maximum atomic E-state index is 11.9. The Morgan fingerprint density at radius 3 is 2.80 bits per heavy atom. The van der Waals surface area contributed by atoms with Gasteiger partial charge in [0, 0.05) is 17.8 Å². The summed E-state index contributed by atoms with van der Waals surface area (Å²) in [7, 11) is 0. The van der Waals surface area contributed by atoms with Gasteiger partial charge < -0.3 is 9.67 Å². The monoisotopic (exact) mass is 207 g/mol.